The minimum Gasteiger partial charge on any atom is -0.349 e. The summed E-state index contributed by atoms with van der Waals surface area (Å²) in [5, 5.41) is 3.14. The lowest BCUT2D eigenvalue weighted by atomic mass is 9.78. The predicted octanol–water partition coefficient (Wildman–Crippen LogP) is 2.63. The first-order chi connectivity index (χ1) is 9.22. The topological polar surface area (TPSA) is 55.1 Å². The fourth-order valence-electron chi connectivity index (χ4n) is 2.98. The maximum atomic E-state index is 12.4. The number of hydrogen-bond donors (Lipinski definition) is 2. The van der Waals surface area contributed by atoms with Crippen molar-refractivity contribution >= 4 is 5.91 Å². The molecule has 1 fully saturated rings. The van der Waals surface area contributed by atoms with Crippen LogP contribution >= 0.6 is 0 Å². The monoisotopic (exact) mass is 260 g/mol. The van der Waals surface area contributed by atoms with Gasteiger partial charge in [-0.1, -0.05) is 43.2 Å². The largest absolute Gasteiger partial charge is 0.349 e. The summed E-state index contributed by atoms with van der Waals surface area (Å²) >= 11 is 0. The molecule has 3 atom stereocenters. The molecule has 1 saturated carbocycles. The van der Waals surface area contributed by atoms with Crippen LogP contribution in [0.2, 0.25) is 0 Å². The van der Waals surface area contributed by atoms with Gasteiger partial charge in [-0.3, -0.25) is 4.79 Å². The Morgan fingerprint density at radius 1 is 1.32 bits per heavy atom. The molecule has 1 amide bonds. The number of nitrogens with two attached hydrogens (primary N) is 1. The molecule has 0 bridgehead atoms. The molecule has 1 aliphatic rings. The molecule has 1 aromatic carbocycles. The Hall–Kier alpha value is -1.35. The van der Waals surface area contributed by atoms with Gasteiger partial charge in [-0.15, -0.1) is 0 Å². The van der Waals surface area contributed by atoms with Crippen molar-refractivity contribution in [3.63, 3.8) is 0 Å². The molecule has 3 N–H and O–H groups in total. The Bertz CT molecular complexity index is 404. The van der Waals surface area contributed by atoms with E-state index in [0.29, 0.717) is 12.5 Å². The van der Waals surface area contributed by atoms with Crippen LogP contribution in [0.15, 0.2) is 30.3 Å². The average Bonchev–Trinajstić information content (AvgIpc) is 2.48. The van der Waals surface area contributed by atoms with Gasteiger partial charge in [-0.05, 0) is 37.8 Å². The zero-order chi connectivity index (χ0) is 13.7. The summed E-state index contributed by atoms with van der Waals surface area (Å²) in [5.41, 5.74) is 6.94. The summed E-state index contributed by atoms with van der Waals surface area (Å²) in [6.45, 7) is 2.66. The van der Waals surface area contributed by atoms with E-state index in [9.17, 15) is 4.79 Å². The van der Waals surface area contributed by atoms with Crippen LogP contribution in [-0.2, 0) is 4.79 Å². The number of carbonyl (C=O) groups is 1. The van der Waals surface area contributed by atoms with Crippen molar-refractivity contribution in [1.82, 2.24) is 5.32 Å². The first-order valence-corrected chi connectivity index (χ1v) is 7.27. The summed E-state index contributed by atoms with van der Waals surface area (Å²) in [6.07, 6.45) is 4.43. The highest BCUT2D eigenvalue weighted by Crippen LogP contribution is 2.30. The molecule has 1 aliphatic carbocycles. The van der Waals surface area contributed by atoms with E-state index >= 15 is 0 Å². The first-order valence-electron chi connectivity index (χ1n) is 7.27. The van der Waals surface area contributed by atoms with Crippen LogP contribution in [0.25, 0.3) is 0 Å². The third-order valence-electron chi connectivity index (χ3n) is 4.21. The Labute approximate surface area is 115 Å². The van der Waals surface area contributed by atoms with Gasteiger partial charge in [0, 0.05) is 5.92 Å². The zero-order valence-electron chi connectivity index (χ0n) is 11.6. The average molecular weight is 260 g/mol. The standard InChI is InChI=1S/C16H24N2O/c1-12(13-7-3-2-4-8-13)18-16(19)15-10-6-5-9-14(15)11-17/h2-4,7-8,12,14-15H,5-6,9-11,17H2,1H3,(H,18,19)/t12-,14?,15?/m0/s1. The first kappa shape index (κ1) is 14.1. The molecule has 0 aliphatic heterocycles. The normalized spacial score (nSPS) is 24.7. The number of hydrogen-bond acceptors (Lipinski definition) is 2. The highest BCUT2D eigenvalue weighted by molar-refractivity contribution is 5.79. The van der Waals surface area contributed by atoms with Crippen molar-refractivity contribution in [2.75, 3.05) is 6.54 Å². The Morgan fingerprint density at radius 3 is 2.68 bits per heavy atom. The van der Waals surface area contributed by atoms with Crippen molar-refractivity contribution in [3.05, 3.63) is 35.9 Å². The van der Waals surface area contributed by atoms with Gasteiger partial charge in [0.2, 0.25) is 5.91 Å². The highest BCUT2D eigenvalue weighted by Gasteiger charge is 2.30. The second-order valence-corrected chi connectivity index (χ2v) is 5.53. The van der Waals surface area contributed by atoms with Gasteiger partial charge in [-0.25, -0.2) is 0 Å². The molecule has 3 nitrogen and oxygen atoms in total. The summed E-state index contributed by atoms with van der Waals surface area (Å²) in [6, 6.07) is 10.2. The van der Waals surface area contributed by atoms with Gasteiger partial charge in [0.15, 0.2) is 0 Å². The molecule has 2 rings (SSSR count). The van der Waals surface area contributed by atoms with Gasteiger partial charge in [-0.2, -0.15) is 0 Å². The quantitative estimate of drug-likeness (QED) is 0.874. The van der Waals surface area contributed by atoms with Crippen molar-refractivity contribution in [2.24, 2.45) is 17.6 Å². The van der Waals surface area contributed by atoms with Crippen LogP contribution in [0, 0.1) is 11.8 Å². The van der Waals surface area contributed by atoms with Crippen LogP contribution in [0.4, 0.5) is 0 Å². The third-order valence-corrected chi connectivity index (χ3v) is 4.21. The lowest BCUT2D eigenvalue weighted by Crippen LogP contribution is -2.40. The van der Waals surface area contributed by atoms with E-state index in [1.165, 1.54) is 6.42 Å². The lowest BCUT2D eigenvalue weighted by Gasteiger charge is -2.30. The van der Waals surface area contributed by atoms with E-state index in [4.69, 9.17) is 5.73 Å². The number of nitrogens with one attached hydrogen (secondary N) is 1. The highest BCUT2D eigenvalue weighted by atomic mass is 16.1. The number of rotatable bonds is 4. The molecule has 19 heavy (non-hydrogen) atoms. The van der Waals surface area contributed by atoms with Crippen LogP contribution in [0.5, 0.6) is 0 Å². The molecular weight excluding hydrogens is 236 g/mol. The second-order valence-electron chi connectivity index (χ2n) is 5.53. The molecule has 1 aromatic rings. The summed E-state index contributed by atoms with van der Waals surface area (Å²) < 4.78 is 0. The summed E-state index contributed by atoms with van der Waals surface area (Å²) in [7, 11) is 0. The molecule has 3 heteroatoms. The van der Waals surface area contributed by atoms with E-state index in [1.807, 2.05) is 37.3 Å². The van der Waals surface area contributed by atoms with Crippen molar-refractivity contribution in [2.45, 2.75) is 38.6 Å². The van der Waals surface area contributed by atoms with Gasteiger partial charge < -0.3 is 11.1 Å². The fraction of sp³-hybridized carbons (Fsp3) is 0.562. The molecule has 2 unspecified atom stereocenters. The van der Waals surface area contributed by atoms with Crippen molar-refractivity contribution in [1.29, 1.82) is 0 Å². The summed E-state index contributed by atoms with van der Waals surface area (Å²) in [5.74, 6) is 0.633. The fourth-order valence-corrected chi connectivity index (χ4v) is 2.98. The van der Waals surface area contributed by atoms with Crippen LogP contribution in [-0.4, -0.2) is 12.5 Å². The molecule has 0 radical (unpaired) electrons. The minimum absolute atomic E-state index is 0.0639. The van der Waals surface area contributed by atoms with Crippen molar-refractivity contribution in [3.8, 4) is 0 Å². The Kier molecular flexibility index (Phi) is 4.97. The number of carbonyl (C=O) groups excluding carboxylic acids is 1. The third kappa shape index (κ3) is 3.57. The predicted molar refractivity (Wildman–Crippen MR) is 77.5 cm³/mol. The summed E-state index contributed by atoms with van der Waals surface area (Å²) in [4.78, 5) is 12.4. The van der Waals surface area contributed by atoms with Gasteiger partial charge in [0.25, 0.3) is 0 Å². The minimum atomic E-state index is 0.0639. The van der Waals surface area contributed by atoms with Gasteiger partial charge in [0.1, 0.15) is 0 Å². The van der Waals surface area contributed by atoms with E-state index in [-0.39, 0.29) is 17.9 Å². The van der Waals surface area contributed by atoms with E-state index in [0.717, 1.165) is 24.8 Å². The molecule has 0 spiro atoms. The Balaban J connectivity index is 1.96. The van der Waals surface area contributed by atoms with E-state index in [1.54, 1.807) is 0 Å². The van der Waals surface area contributed by atoms with Crippen LogP contribution in [0.1, 0.15) is 44.2 Å². The number of benzene rings is 1. The van der Waals surface area contributed by atoms with Crippen molar-refractivity contribution < 1.29 is 4.79 Å². The molecule has 104 valence electrons. The maximum Gasteiger partial charge on any atom is 0.223 e. The molecule has 0 aromatic heterocycles. The number of amides is 1. The Morgan fingerprint density at radius 2 is 2.00 bits per heavy atom. The van der Waals surface area contributed by atoms with Gasteiger partial charge >= 0.3 is 0 Å². The zero-order valence-corrected chi connectivity index (χ0v) is 11.6. The second kappa shape index (κ2) is 6.71. The van der Waals surface area contributed by atoms with Gasteiger partial charge in [0.05, 0.1) is 6.04 Å². The molecule has 0 heterocycles. The lowest BCUT2D eigenvalue weighted by molar-refractivity contribution is -0.128. The van der Waals surface area contributed by atoms with Crippen LogP contribution in [0.3, 0.4) is 0 Å². The smallest absolute Gasteiger partial charge is 0.223 e. The molecule has 0 saturated heterocycles. The van der Waals surface area contributed by atoms with Crippen LogP contribution < -0.4 is 11.1 Å². The SMILES string of the molecule is C[C@H](NC(=O)C1CCCCC1CN)c1ccccc1. The molecular formula is C16H24N2O. The van der Waals surface area contributed by atoms with E-state index in [2.05, 4.69) is 5.32 Å². The maximum absolute atomic E-state index is 12.4. The van der Waals surface area contributed by atoms with E-state index < -0.39 is 0 Å².